The molecule has 158 valence electrons. The monoisotopic (exact) mass is 413 g/mol. The Bertz CT molecular complexity index is 930. The van der Waals surface area contributed by atoms with Crippen LogP contribution in [-0.4, -0.2) is 37.3 Å². The lowest BCUT2D eigenvalue weighted by Crippen LogP contribution is -2.47. The average Bonchev–Trinajstić information content (AvgIpc) is 3.28. The number of fused-ring (bicyclic) bond motifs is 1. The second-order valence-electron chi connectivity index (χ2n) is 7.48. The predicted octanol–water partition coefficient (Wildman–Crippen LogP) is 2.75. The van der Waals surface area contributed by atoms with Crippen molar-refractivity contribution in [1.82, 2.24) is 10.6 Å². The molecule has 0 saturated carbocycles. The normalized spacial score (nSPS) is 20.0. The molecule has 4 rings (SSSR count). The van der Waals surface area contributed by atoms with Crippen molar-refractivity contribution in [3.05, 3.63) is 59.4 Å². The van der Waals surface area contributed by atoms with E-state index in [-0.39, 0.29) is 30.4 Å². The second kappa shape index (κ2) is 9.13. The quantitative estimate of drug-likeness (QED) is 0.703. The van der Waals surface area contributed by atoms with Crippen LogP contribution in [0.25, 0.3) is 0 Å². The van der Waals surface area contributed by atoms with Crippen LogP contribution in [0.2, 0.25) is 0 Å². The van der Waals surface area contributed by atoms with Crippen molar-refractivity contribution >= 4 is 17.6 Å². The first-order valence-electron chi connectivity index (χ1n) is 10.0. The minimum atomic E-state index is -0.392. The number of carbonyl (C=O) groups excluding carboxylic acids is 2. The largest absolute Gasteiger partial charge is 0.491 e. The first kappa shape index (κ1) is 20.2. The fourth-order valence-electron chi connectivity index (χ4n) is 3.62. The minimum absolute atomic E-state index is 0.146. The Morgan fingerprint density at radius 3 is 2.90 bits per heavy atom. The molecule has 1 fully saturated rings. The molecule has 2 heterocycles. The SMILES string of the molecule is O=C(NCc1cccc(NC(=O)C2CCCO2)c1)NC1COc2cc(F)ccc2C1. The van der Waals surface area contributed by atoms with E-state index in [9.17, 15) is 14.0 Å². The number of nitrogens with one attached hydrogen (secondary N) is 3. The second-order valence-corrected chi connectivity index (χ2v) is 7.48. The van der Waals surface area contributed by atoms with Crippen LogP contribution in [0.3, 0.4) is 0 Å². The number of urea groups is 1. The molecule has 3 amide bonds. The summed E-state index contributed by atoms with van der Waals surface area (Å²) in [6, 6.07) is 11.2. The molecule has 0 spiro atoms. The van der Waals surface area contributed by atoms with Gasteiger partial charge in [0, 0.05) is 24.9 Å². The fraction of sp³-hybridized carbons (Fsp3) is 0.364. The van der Waals surface area contributed by atoms with Gasteiger partial charge in [0.25, 0.3) is 5.91 Å². The first-order valence-corrected chi connectivity index (χ1v) is 10.0. The van der Waals surface area contributed by atoms with Gasteiger partial charge >= 0.3 is 6.03 Å². The molecule has 2 aromatic carbocycles. The molecule has 2 unspecified atom stereocenters. The minimum Gasteiger partial charge on any atom is -0.491 e. The van der Waals surface area contributed by atoms with Crippen molar-refractivity contribution in [1.29, 1.82) is 0 Å². The molecule has 1 saturated heterocycles. The number of ether oxygens (including phenoxy) is 2. The van der Waals surface area contributed by atoms with Gasteiger partial charge in [-0.15, -0.1) is 0 Å². The topological polar surface area (TPSA) is 88.7 Å². The Morgan fingerprint density at radius 2 is 2.07 bits per heavy atom. The molecule has 8 heteroatoms. The van der Waals surface area contributed by atoms with E-state index in [4.69, 9.17) is 9.47 Å². The summed E-state index contributed by atoms with van der Waals surface area (Å²) in [4.78, 5) is 24.4. The van der Waals surface area contributed by atoms with E-state index in [1.165, 1.54) is 12.1 Å². The van der Waals surface area contributed by atoms with Crippen LogP contribution in [-0.2, 0) is 22.5 Å². The maximum Gasteiger partial charge on any atom is 0.315 e. The van der Waals surface area contributed by atoms with Crippen molar-refractivity contribution in [3.63, 3.8) is 0 Å². The summed E-state index contributed by atoms with van der Waals surface area (Å²) in [5.41, 5.74) is 2.39. The lowest BCUT2D eigenvalue weighted by molar-refractivity contribution is -0.124. The maximum atomic E-state index is 13.3. The van der Waals surface area contributed by atoms with E-state index < -0.39 is 6.10 Å². The van der Waals surface area contributed by atoms with Gasteiger partial charge in [-0.3, -0.25) is 4.79 Å². The van der Waals surface area contributed by atoms with E-state index in [1.54, 1.807) is 12.1 Å². The van der Waals surface area contributed by atoms with E-state index in [0.717, 1.165) is 24.0 Å². The summed E-state index contributed by atoms with van der Waals surface area (Å²) in [7, 11) is 0. The third-order valence-electron chi connectivity index (χ3n) is 5.14. The molecular weight excluding hydrogens is 389 g/mol. The lowest BCUT2D eigenvalue weighted by atomic mass is 10.0. The third kappa shape index (κ3) is 5.07. The fourth-order valence-corrected chi connectivity index (χ4v) is 3.62. The van der Waals surface area contributed by atoms with Gasteiger partial charge in [0.05, 0.1) is 6.04 Å². The molecule has 0 aromatic heterocycles. The maximum absolute atomic E-state index is 13.3. The van der Waals surface area contributed by atoms with Gasteiger partial charge in [0.15, 0.2) is 0 Å². The third-order valence-corrected chi connectivity index (χ3v) is 5.14. The molecule has 2 aromatic rings. The number of anilines is 1. The number of hydrogen-bond donors (Lipinski definition) is 3. The summed E-state index contributed by atoms with van der Waals surface area (Å²) < 4.78 is 24.2. The summed E-state index contributed by atoms with van der Waals surface area (Å²) in [6.07, 6.45) is 1.81. The van der Waals surface area contributed by atoms with Gasteiger partial charge in [-0.25, -0.2) is 9.18 Å². The van der Waals surface area contributed by atoms with Crippen molar-refractivity contribution in [2.45, 2.75) is 38.0 Å². The summed E-state index contributed by atoms with van der Waals surface area (Å²) >= 11 is 0. The van der Waals surface area contributed by atoms with Crippen molar-refractivity contribution in [2.24, 2.45) is 0 Å². The molecule has 30 heavy (non-hydrogen) atoms. The molecule has 0 radical (unpaired) electrons. The highest BCUT2D eigenvalue weighted by Crippen LogP contribution is 2.25. The van der Waals surface area contributed by atoms with Gasteiger partial charge in [0.1, 0.15) is 24.3 Å². The van der Waals surface area contributed by atoms with Crippen LogP contribution < -0.4 is 20.7 Å². The number of hydrogen-bond acceptors (Lipinski definition) is 4. The van der Waals surface area contributed by atoms with Crippen molar-refractivity contribution < 1.29 is 23.5 Å². The Kier molecular flexibility index (Phi) is 6.13. The van der Waals surface area contributed by atoms with E-state index in [0.29, 0.717) is 31.0 Å². The molecular formula is C22H24FN3O4. The zero-order valence-electron chi connectivity index (χ0n) is 16.4. The Balaban J connectivity index is 1.26. The molecule has 0 bridgehead atoms. The predicted molar refractivity (Wildman–Crippen MR) is 109 cm³/mol. The highest BCUT2D eigenvalue weighted by atomic mass is 19.1. The average molecular weight is 413 g/mol. The zero-order valence-corrected chi connectivity index (χ0v) is 16.4. The van der Waals surface area contributed by atoms with Crippen molar-refractivity contribution in [2.75, 3.05) is 18.5 Å². The van der Waals surface area contributed by atoms with Gasteiger partial charge in [-0.1, -0.05) is 18.2 Å². The lowest BCUT2D eigenvalue weighted by Gasteiger charge is -2.26. The molecule has 3 N–H and O–H groups in total. The van der Waals surface area contributed by atoms with Gasteiger partial charge in [-0.05, 0) is 48.6 Å². The van der Waals surface area contributed by atoms with E-state index in [1.807, 2.05) is 18.2 Å². The van der Waals surface area contributed by atoms with Crippen LogP contribution in [0.5, 0.6) is 5.75 Å². The van der Waals surface area contributed by atoms with Crippen LogP contribution in [0.15, 0.2) is 42.5 Å². The van der Waals surface area contributed by atoms with Crippen LogP contribution in [0, 0.1) is 5.82 Å². The molecule has 2 aliphatic rings. The number of benzene rings is 2. The summed E-state index contributed by atoms with van der Waals surface area (Å²) in [6.45, 7) is 1.21. The van der Waals surface area contributed by atoms with Gasteiger partial charge < -0.3 is 25.4 Å². The number of rotatable bonds is 5. The molecule has 7 nitrogen and oxygen atoms in total. The molecule has 0 aliphatic carbocycles. The Labute approximate surface area is 173 Å². The van der Waals surface area contributed by atoms with Crippen LogP contribution >= 0.6 is 0 Å². The highest BCUT2D eigenvalue weighted by molar-refractivity contribution is 5.94. The molecule has 2 atom stereocenters. The van der Waals surface area contributed by atoms with Gasteiger partial charge in [0.2, 0.25) is 0 Å². The Hall–Kier alpha value is -3.13. The summed E-state index contributed by atoms with van der Waals surface area (Å²) in [5, 5.41) is 8.54. The Morgan fingerprint density at radius 1 is 1.17 bits per heavy atom. The van der Waals surface area contributed by atoms with E-state index >= 15 is 0 Å². The van der Waals surface area contributed by atoms with Crippen LogP contribution in [0.1, 0.15) is 24.0 Å². The summed E-state index contributed by atoms with van der Waals surface area (Å²) in [5.74, 6) is 0.0372. The smallest absolute Gasteiger partial charge is 0.315 e. The number of carbonyl (C=O) groups is 2. The number of amides is 3. The van der Waals surface area contributed by atoms with Crippen LogP contribution in [0.4, 0.5) is 14.9 Å². The zero-order chi connectivity index (χ0) is 20.9. The number of halogens is 1. The van der Waals surface area contributed by atoms with E-state index in [2.05, 4.69) is 16.0 Å². The van der Waals surface area contributed by atoms with Gasteiger partial charge in [-0.2, -0.15) is 0 Å². The first-order chi connectivity index (χ1) is 14.6. The highest BCUT2D eigenvalue weighted by Gasteiger charge is 2.24. The standard InChI is InChI=1S/C22H24FN3O4/c23-16-7-6-15-10-18(13-30-20(15)11-16)26-22(28)24-12-14-3-1-4-17(9-14)25-21(27)19-5-2-8-29-19/h1,3-4,6-7,9,11,18-19H,2,5,8,10,12-13H2,(H,25,27)(H2,24,26,28). The van der Waals surface area contributed by atoms with Crippen molar-refractivity contribution in [3.8, 4) is 5.75 Å². The molecule has 2 aliphatic heterocycles.